The van der Waals surface area contributed by atoms with Crippen molar-refractivity contribution in [3.05, 3.63) is 28.7 Å². The van der Waals surface area contributed by atoms with Gasteiger partial charge in [0, 0.05) is 32.5 Å². The molecule has 0 unspecified atom stereocenters. The van der Waals surface area contributed by atoms with Crippen molar-refractivity contribution in [3.63, 3.8) is 0 Å². The molecule has 0 aliphatic rings. The highest BCUT2D eigenvalue weighted by molar-refractivity contribution is 5.91. The number of rotatable bonds is 8. The first kappa shape index (κ1) is 15.4. The number of aromatic nitrogens is 1. The number of nitrogens with zero attached hydrogens (tertiary/aromatic N) is 1. The van der Waals surface area contributed by atoms with Crippen LogP contribution in [-0.4, -0.2) is 43.9 Å². The summed E-state index contributed by atoms with van der Waals surface area (Å²) in [6.45, 7) is 1.50. The molecule has 0 spiro atoms. The Balaban J connectivity index is 2.58. The molecule has 0 fully saturated rings. The van der Waals surface area contributed by atoms with Crippen molar-refractivity contribution in [2.24, 2.45) is 5.73 Å². The molecule has 1 rings (SSSR count). The highest BCUT2D eigenvalue weighted by Crippen LogP contribution is 2.03. The average Bonchev–Trinajstić information content (AvgIpc) is 2.39. The fourth-order valence-electron chi connectivity index (χ4n) is 1.41. The molecule has 1 aromatic rings. The number of anilines is 1. The number of pyridine rings is 1. The molecule has 1 heterocycles. The SMILES string of the molecule is COCCn1cc(NC(=O)COCCN)ccc1=O. The molecule has 3 N–H and O–H groups in total. The largest absolute Gasteiger partial charge is 0.383 e. The minimum atomic E-state index is -0.287. The molecule has 0 saturated heterocycles. The van der Waals surface area contributed by atoms with E-state index in [-0.39, 0.29) is 18.1 Å². The average molecular weight is 269 g/mol. The third-order valence-electron chi connectivity index (χ3n) is 2.30. The molecule has 106 valence electrons. The van der Waals surface area contributed by atoms with E-state index in [2.05, 4.69) is 5.32 Å². The van der Waals surface area contributed by atoms with Crippen molar-refractivity contribution in [2.45, 2.75) is 6.54 Å². The Bertz CT molecular complexity index is 459. The summed E-state index contributed by atoms with van der Waals surface area (Å²) in [5.74, 6) is -0.287. The molecule has 0 radical (unpaired) electrons. The van der Waals surface area contributed by atoms with E-state index >= 15 is 0 Å². The van der Waals surface area contributed by atoms with E-state index in [1.165, 1.54) is 10.6 Å². The fourth-order valence-corrected chi connectivity index (χ4v) is 1.41. The minimum Gasteiger partial charge on any atom is -0.383 e. The summed E-state index contributed by atoms with van der Waals surface area (Å²) in [5.41, 5.74) is 5.64. The van der Waals surface area contributed by atoms with Crippen LogP contribution in [0, 0.1) is 0 Å². The van der Waals surface area contributed by atoms with Crippen molar-refractivity contribution < 1.29 is 14.3 Å². The Kier molecular flexibility index (Phi) is 6.80. The first-order valence-corrected chi connectivity index (χ1v) is 5.94. The van der Waals surface area contributed by atoms with Crippen LogP contribution in [0.4, 0.5) is 5.69 Å². The number of methoxy groups -OCH3 is 1. The van der Waals surface area contributed by atoms with Gasteiger partial charge >= 0.3 is 0 Å². The zero-order valence-corrected chi connectivity index (χ0v) is 10.9. The predicted octanol–water partition coefficient (Wildman–Crippen LogP) is -0.591. The van der Waals surface area contributed by atoms with Crippen molar-refractivity contribution in [3.8, 4) is 0 Å². The van der Waals surface area contributed by atoms with Gasteiger partial charge < -0.3 is 25.1 Å². The number of nitrogens with one attached hydrogen (secondary N) is 1. The lowest BCUT2D eigenvalue weighted by molar-refractivity contribution is -0.120. The van der Waals surface area contributed by atoms with Crippen LogP contribution in [0.2, 0.25) is 0 Å². The van der Waals surface area contributed by atoms with Crippen LogP contribution in [0.5, 0.6) is 0 Å². The van der Waals surface area contributed by atoms with Crippen molar-refractivity contribution >= 4 is 11.6 Å². The second-order valence-corrected chi connectivity index (χ2v) is 3.83. The summed E-state index contributed by atoms with van der Waals surface area (Å²) in [6, 6.07) is 2.94. The number of amides is 1. The predicted molar refractivity (Wildman–Crippen MR) is 71.1 cm³/mol. The Hall–Kier alpha value is -1.70. The number of ether oxygens (including phenoxy) is 2. The van der Waals surface area contributed by atoms with Crippen LogP contribution < -0.4 is 16.6 Å². The van der Waals surface area contributed by atoms with Gasteiger partial charge in [0.15, 0.2) is 0 Å². The standard InChI is InChI=1S/C12H19N3O4/c1-18-7-5-15-8-10(2-3-12(15)17)14-11(16)9-19-6-4-13/h2-3,8H,4-7,9,13H2,1H3,(H,14,16). The number of nitrogens with two attached hydrogens (primary N) is 1. The monoisotopic (exact) mass is 269 g/mol. The van der Waals surface area contributed by atoms with Crippen LogP contribution in [-0.2, 0) is 20.8 Å². The molecule has 0 saturated carbocycles. The molecule has 1 aromatic heterocycles. The summed E-state index contributed by atoms with van der Waals surface area (Å²) in [5, 5.41) is 2.64. The summed E-state index contributed by atoms with van der Waals surface area (Å²) in [7, 11) is 1.56. The third kappa shape index (κ3) is 5.64. The van der Waals surface area contributed by atoms with Gasteiger partial charge in [0.25, 0.3) is 5.56 Å². The Morgan fingerprint density at radius 2 is 2.21 bits per heavy atom. The van der Waals surface area contributed by atoms with Crippen molar-refractivity contribution in [1.29, 1.82) is 0 Å². The molecular weight excluding hydrogens is 250 g/mol. The van der Waals surface area contributed by atoms with Crippen molar-refractivity contribution in [1.82, 2.24) is 4.57 Å². The molecule has 19 heavy (non-hydrogen) atoms. The van der Waals surface area contributed by atoms with E-state index in [4.69, 9.17) is 15.2 Å². The fraction of sp³-hybridized carbons (Fsp3) is 0.500. The summed E-state index contributed by atoms with van der Waals surface area (Å²) in [6.07, 6.45) is 1.57. The van der Waals surface area contributed by atoms with Gasteiger partial charge in [-0.15, -0.1) is 0 Å². The molecular formula is C12H19N3O4. The van der Waals surface area contributed by atoms with Crippen LogP contribution in [0.1, 0.15) is 0 Å². The van der Waals surface area contributed by atoms with Gasteiger partial charge in [-0.2, -0.15) is 0 Å². The van der Waals surface area contributed by atoms with Gasteiger partial charge in [-0.05, 0) is 6.07 Å². The van der Waals surface area contributed by atoms with Crippen LogP contribution in [0.3, 0.4) is 0 Å². The lowest BCUT2D eigenvalue weighted by Gasteiger charge is -2.09. The highest BCUT2D eigenvalue weighted by Gasteiger charge is 2.04. The molecule has 1 amide bonds. The van der Waals surface area contributed by atoms with E-state index in [1.807, 2.05) is 0 Å². The second-order valence-electron chi connectivity index (χ2n) is 3.83. The smallest absolute Gasteiger partial charge is 0.250 e. The van der Waals surface area contributed by atoms with E-state index in [0.717, 1.165) is 0 Å². The molecule has 0 bridgehead atoms. The summed E-state index contributed by atoms with van der Waals surface area (Å²) >= 11 is 0. The topological polar surface area (TPSA) is 95.6 Å². The zero-order valence-electron chi connectivity index (χ0n) is 10.9. The van der Waals surface area contributed by atoms with Gasteiger partial charge in [-0.1, -0.05) is 0 Å². The van der Waals surface area contributed by atoms with Crippen molar-refractivity contribution in [2.75, 3.05) is 38.8 Å². The Morgan fingerprint density at radius 3 is 2.89 bits per heavy atom. The van der Waals surface area contributed by atoms with Gasteiger partial charge in [0.1, 0.15) is 6.61 Å². The van der Waals surface area contributed by atoms with Gasteiger partial charge in [0.2, 0.25) is 5.91 Å². The van der Waals surface area contributed by atoms with E-state index in [0.29, 0.717) is 32.0 Å². The lowest BCUT2D eigenvalue weighted by Crippen LogP contribution is -2.24. The first-order chi connectivity index (χ1) is 9.17. The summed E-state index contributed by atoms with van der Waals surface area (Å²) in [4.78, 5) is 23.0. The number of carbonyl (C=O) groups is 1. The molecule has 0 atom stereocenters. The number of hydrogen-bond acceptors (Lipinski definition) is 5. The molecule has 0 aromatic carbocycles. The van der Waals surface area contributed by atoms with E-state index in [1.54, 1.807) is 19.4 Å². The van der Waals surface area contributed by atoms with Crippen LogP contribution in [0.15, 0.2) is 23.1 Å². The highest BCUT2D eigenvalue weighted by atomic mass is 16.5. The third-order valence-corrected chi connectivity index (χ3v) is 2.30. The van der Waals surface area contributed by atoms with Gasteiger partial charge in [-0.25, -0.2) is 0 Å². The molecule has 7 heteroatoms. The normalized spacial score (nSPS) is 10.4. The lowest BCUT2D eigenvalue weighted by atomic mass is 10.4. The summed E-state index contributed by atoms with van der Waals surface area (Å²) < 4.78 is 11.4. The number of carbonyl (C=O) groups excluding carboxylic acids is 1. The number of hydrogen-bond donors (Lipinski definition) is 2. The Labute approximate surface area is 111 Å². The van der Waals surface area contributed by atoms with Gasteiger partial charge in [-0.3, -0.25) is 9.59 Å². The van der Waals surface area contributed by atoms with E-state index < -0.39 is 0 Å². The zero-order chi connectivity index (χ0) is 14.1. The first-order valence-electron chi connectivity index (χ1n) is 5.94. The molecule has 0 aliphatic heterocycles. The second kappa shape index (κ2) is 8.41. The maximum atomic E-state index is 11.5. The maximum Gasteiger partial charge on any atom is 0.250 e. The van der Waals surface area contributed by atoms with E-state index in [9.17, 15) is 9.59 Å². The Morgan fingerprint density at radius 1 is 1.42 bits per heavy atom. The molecule has 0 aliphatic carbocycles. The van der Waals surface area contributed by atoms with Crippen LogP contribution >= 0.6 is 0 Å². The maximum absolute atomic E-state index is 11.5. The molecule has 7 nitrogen and oxygen atoms in total. The minimum absolute atomic E-state index is 0.0611. The van der Waals surface area contributed by atoms with Gasteiger partial charge in [0.05, 0.1) is 18.9 Å². The quantitative estimate of drug-likeness (QED) is 0.615. The van der Waals surface area contributed by atoms with Crippen LogP contribution in [0.25, 0.3) is 0 Å².